The Bertz CT molecular complexity index is 338. The summed E-state index contributed by atoms with van der Waals surface area (Å²) in [4.78, 5) is 18.8. The van der Waals surface area contributed by atoms with Gasteiger partial charge in [-0.1, -0.05) is 6.92 Å². The van der Waals surface area contributed by atoms with Gasteiger partial charge in [0, 0.05) is 17.6 Å². The van der Waals surface area contributed by atoms with Gasteiger partial charge in [0.05, 0.1) is 18.2 Å². The number of aromatic nitrogens is 1. The van der Waals surface area contributed by atoms with Crippen molar-refractivity contribution in [2.75, 3.05) is 19.7 Å². The number of ether oxygens (including phenoxy) is 1. The summed E-state index contributed by atoms with van der Waals surface area (Å²) in [5, 5.41) is 1.06. The molecular formula is C11H18N2O2S. The third-order valence-electron chi connectivity index (χ3n) is 2.15. The molecule has 0 saturated heterocycles. The lowest BCUT2D eigenvalue weighted by atomic mass is 10.4. The zero-order valence-electron chi connectivity index (χ0n) is 10.0. The van der Waals surface area contributed by atoms with Crippen LogP contribution in [0.15, 0.2) is 6.20 Å². The van der Waals surface area contributed by atoms with Gasteiger partial charge in [-0.15, -0.1) is 11.3 Å². The van der Waals surface area contributed by atoms with E-state index in [9.17, 15) is 4.79 Å². The first-order valence-electron chi connectivity index (χ1n) is 5.45. The van der Waals surface area contributed by atoms with Crippen LogP contribution in [0.1, 0.15) is 23.7 Å². The molecule has 0 aliphatic rings. The first kappa shape index (κ1) is 13.1. The SMILES string of the molecule is CCOC(=O)CN(CC)Cc1cnc(C)s1. The number of carbonyl (C=O) groups is 1. The van der Waals surface area contributed by atoms with Gasteiger partial charge in [-0.25, -0.2) is 4.98 Å². The molecule has 0 spiro atoms. The van der Waals surface area contributed by atoms with Crippen LogP contribution in [0.5, 0.6) is 0 Å². The Morgan fingerprint density at radius 2 is 2.31 bits per heavy atom. The van der Waals surface area contributed by atoms with Crippen molar-refractivity contribution in [3.63, 3.8) is 0 Å². The molecule has 0 bridgehead atoms. The number of aryl methyl sites for hydroxylation is 1. The number of rotatable bonds is 6. The molecule has 0 amide bonds. The van der Waals surface area contributed by atoms with Gasteiger partial charge in [-0.3, -0.25) is 9.69 Å². The highest BCUT2D eigenvalue weighted by atomic mass is 32.1. The van der Waals surface area contributed by atoms with Gasteiger partial charge >= 0.3 is 5.97 Å². The van der Waals surface area contributed by atoms with Crippen LogP contribution in [0.2, 0.25) is 0 Å². The number of likely N-dealkylation sites (N-methyl/N-ethyl adjacent to an activating group) is 1. The molecule has 1 aromatic rings. The summed E-state index contributed by atoms with van der Waals surface area (Å²) in [7, 11) is 0. The van der Waals surface area contributed by atoms with Crippen molar-refractivity contribution in [1.82, 2.24) is 9.88 Å². The molecular weight excluding hydrogens is 224 g/mol. The van der Waals surface area contributed by atoms with E-state index < -0.39 is 0 Å². The van der Waals surface area contributed by atoms with Gasteiger partial charge in [0.2, 0.25) is 0 Å². The van der Waals surface area contributed by atoms with Gasteiger partial charge in [0.25, 0.3) is 0 Å². The van der Waals surface area contributed by atoms with Crippen LogP contribution in [0.25, 0.3) is 0 Å². The number of hydrogen-bond acceptors (Lipinski definition) is 5. The van der Waals surface area contributed by atoms with E-state index in [1.165, 1.54) is 4.88 Å². The van der Waals surface area contributed by atoms with Crippen molar-refractivity contribution in [2.45, 2.75) is 27.3 Å². The van der Waals surface area contributed by atoms with E-state index in [0.717, 1.165) is 18.1 Å². The zero-order valence-corrected chi connectivity index (χ0v) is 10.8. The van der Waals surface area contributed by atoms with E-state index in [2.05, 4.69) is 4.98 Å². The van der Waals surface area contributed by atoms with Crippen LogP contribution in [0.3, 0.4) is 0 Å². The minimum atomic E-state index is -0.161. The van der Waals surface area contributed by atoms with E-state index >= 15 is 0 Å². The van der Waals surface area contributed by atoms with Crippen LogP contribution >= 0.6 is 11.3 Å². The van der Waals surface area contributed by atoms with Crippen molar-refractivity contribution in [2.24, 2.45) is 0 Å². The molecule has 0 aliphatic heterocycles. The maximum absolute atomic E-state index is 11.3. The molecule has 0 aliphatic carbocycles. The minimum Gasteiger partial charge on any atom is -0.465 e. The quantitative estimate of drug-likeness (QED) is 0.714. The Morgan fingerprint density at radius 3 is 2.81 bits per heavy atom. The van der Waals surface area contributed by atoms with E-state index in [1.54, 1.807) is 11.3 Å². The molecule has 0 radical (unpaired) electrons. The monoisotopic (exact) mass is 242 g/mol. The van der Waals surface area contributed by atoms with E-state index in [1.807, 2.05) is 31.9 Å². The fourth-order valence-electron chi connectivity index (χ4n) is 1.37. The van der Waals surface area contributed by atoms with Crippen molar-refractivity contribution in [1.29, 1.82) is 0 Å². The minimum absolute atomic E-state index is 0.161. The summed E-state index contributed by atoms with van der Waals surface area (Å²) in [5.41, 5.74) is 0. The molecule has 0 aromatic carbocycles. The summed E-state index contributed by atoms with van der Waals surface area (Å²) in [6.07, 6.45) is 1.87. The molecule has 5 heteroatoms. The van der Waals surface area contributed by atoms with Crippen LogP contribution in [-0.4, -0.2) is 35.5 Å². The lowest BCUT2D eigenvalue weighted by molar-refractivity contribution is -0.144. The second kappa shape index (κ2) is 6.60. The van der Waals surface area contributed by atoms with Crippen molar-refractivity contribution >= 4 is 17.3 Å². The average molecular weight is 242 g/mol. The summed E-state index contributed by atoms with van der Waals surface area (Å²) in [6, 6.07) is 0. The zero-order chi connectivity index (χ0) is 12.0. The molecule has 1 heterocycles. The molecule has 1 rings (SSSR count). The van der Waals surface area contributed by atoms with E-state index in [-0.39, 0.29) is 5.97 Å². The Morgan fingerprint density at radius 1 is 1.56 bits per heavy atom. The first-order chi connectivity index (χ1) is 7.65. The Labute approximate surface area is 100 Å². The summed E-state index contributed by atoms with van der Waals surface area (Å²) in [6.45, 7) is 8.22. The smallest absolute Gasteiger partial charge is 0.320 e. The average Bonchev–Trinajstić information content (AvgIpc) is 2.63. The molecule has 0 unspecified atom stereocenters. The fraction of sp³-hybridized carbons (Fsp3) is 0.636. The molecule has 0 atom stereocenters. The third-order valence-corrected chi connectivity index (χ3v) is 3.05. The highest BCUT2D eigenvalue weighted by Crippen LogP contribution is 2.13. The maximum Gasteiger partial charge on any atom is 0.320 e. The normalized spacial score (nSPS) is 10.8. The number of nitrogens with zero attached hydrogens (tertiary/aromatic N) is 2. The van der Waals surface area contributed by atoms with Crippen molar-refractivity contribution < 1.29 is 9.53 Å². The number of thiazole rings is 1. The topological polar surface area (TPSA) is 42.4 Å². The number of esters is 1. The van der Waals surface area contributed by atoms with Crippen molar-refractivity contribution in [3.8, 4) is 0 Å². The van der Waals surface area contributed by atoms with Gasteiger partial charge in [0.15, 0.2) is 0 Å². The number of carbonyl (C=O) groups excluding carboxylic acids is 1. The molecule has 0 fully saturated rings. The van der Waals surface area contributed by atoms with Crippen LogP contribution in [-0.2, 0) is 16.1 Å². The largest absolute Gasteiger partial charge is 0.465 e. The molecule has 16 heavy (non-hydrogen) atoms. The van der Waals surface area contributed by atoms with Gasteiger partial charge < -0.3 is 4.74 Å². The van der Waals surface area contributed by atoms with Crippen LogP contribution < -0.4 is 0 Å². The lowest BCUT2D eigenvalue weighted by Gasteiger charge is -2.17. The third kappa shape index (κ3) is 4.28. The summed E-state index contributed by atoms with van der Waals surface area (Å²) in [5.74, 6) is -0.161. The standard InChI is InChI=1S/C11H18N2O2S/c1-4-13(8-11(14)15-5-2)7-10-6-12-9(3)16-10/h6H,4-5,7-8H2,1-3H3. The molecule has 1 aromatic heterocycles. The highest BCUT2D eigenvalue weighted by molar-refractivity contribution is 7.11. The van der Waals surface area contributed by atoms with Gasteiger partial charge in [-0.05, 0) is 20.4 Å². The first-order valence-corrected chi connectivity index (χ1v) is 6.26. The second-order valence-corrected chi connectivity index (χ2v) is 4.77. The van der Waals surface area contributed by atoms with E-state index in [0.29, 0.717) is 13.2 Å². The van der Waals surface area contributed by atoms with Crippen molar-refractivity contribution in [3.05, 3.63) is 16.1 Å². The predicted molar refractivity (Wildman–Crippen MR) is 64.4 cm³/mol. The molecule has 0 N–H and O–H groups in total. The summed E-state index contributed by atoms with van der Waals surface area (Å²) < 4.78 is 4.92. The number of hydrogen-bond donors (Lipinski definition) is 0. The van der Waals surface area contributed by atoms with Crippen LogP contribution in [0.4, 0.5) is 0 Å². The molecule has 0 saturated carbocycles. The van der Waals surface area contributed by atoms with E-state index in [4.69, 9.17) is 4.74 Å². The molecule has 4 nitrogen and oxygen atoms in total. The second-order valence-electron chi connectivity index (χ2n) is 3.45. The predicted octanol–water partition coefficient (Wildman–Crippen LogP) is 1.84. The van der Waals surface area contributed by atoms with Gasteiger partial charge in [0.1, 0.15) is 0 Å². The van der Waals surface area contributed by atoms with Gasteiger partial charge in [-0.2, -0.15) is 0 Å². The Balaban J connectivity index is 2.45. The maximum atomic E-state index is 11.3. The molecule has 90 valence electrons. The van der Waals surface area contributed by atoms with Crippen LogP contribution in [0, 0.1) is 6.92 Å². The fourth-order valence-corrected chi connectivity index (χ4v) is 2.20. The highest BCUT2D eigenvalue weighted by Gasteiger charge is 2.11. The Kier molecular flexibility index (Phi) is 5.42. The Hall–Kier alpha value is -0.940. The lowest BCUT2D eigenvalue weighted by Crippen LogP contribution is -2.30. The summed E-state index contributed by atoms with van der Waals surface area (Å²) >= 11 is 1.67.